The molecule has 0 aromatic heterocycles. The first-order valence-corrected chi connectivity index (χ1v) is 12.5. The van der Waals surface area contributed by atoms with Crippen LogP contribution in [0.1, 0.15) is 44.9 Å². The minimum Gasteiger partial charge on any atom is -0.339 e. The molecular weight excluding hydrogens is 421 g/mol. The van der Waals surface area contributed by atoms with Crippen molar-refractivity contribution in [2.45, 2.75) is 49.8 Å². The molecule has 1 saturated carbocycles. The van der Waals surface area contributed by atoms with Crippen molar-refractivity contribution >= 4 is 21.8 Å². The largest absolute Gasteiger partial charge is 0.339 e. The second kappa shape index (κ2) is 10.5. The van der Waals surface area contributed by atoms with Gasteiger partial charge in [0.1, 0.15) is 5.82 Å². The molecule has 1 aromatic carbocycles. The van der Waals surface area contributed by atoms with Gasteiger partial charge < -0.3 is 9.80 Å². The van der Waals surface area contributed by atoms with Crippen LogP contribution in [0.5, 0.6) is 0 Å². The van der Waals surface area contributed by atoms with Crippen LogP contribution in [0.2, 0.25) is 0 Å². The fourth-order valence-electron chi connectivity index (χ4n) is 4.31. The van der Waals surface area contributed by atoms with Gasteiger partial charge in [0.2, 0.25) is 21.8 Å². The first-order chi connectivity index (χ1) is 14.8. The number of benzene rings is 1. The second-order valence-electron chi connectivity index (χ2n) is 8.50. The maximum absolute atomic E-state index is 13.0. The van der Waals surface area contributed by atoms with Gasteiger partial charge in [-0.25, -0.2) is 17.1 Å². The summed E-state index contributed by atoms with van der Waals surface area (Å²) in [4.78, 5) is 28.6. The van der Waals surface area contributed by atoms with Crippen molar-refractivity contribution in [1.82, 2.24) is 14.1 Å². The molecule has 1 aliphatic carbocycles. The summed E-state index contributed by atoms with van der Waals surface area (Å²) in [6.07, 6.45) is 6.02. The standard InChI is InChI=1S/C22H32FN3O4S/c1-24(31(29,30)20-10-8-19(23)9-11-20)12-4-7-21(27)25-13-15-26(16-14-25)22(28)17-18-5-2-3-6-18/h8-11,18H,2-7,12-17H2,1H3. The normalized spacial score (nSPS) is 18.0. The first kappa shape index (κ1) is 23.7. The van der Waals surface area contributed by atoms with Gasteiger partial charge in [-0.05, 0) is 49.4 Å². The Labute approximate surface area is 184 Å². The Bertz CT molecular complexity index is 861. The van der Waals surface area contributed by atoms with Gasteiger partial charge in [-0.2, -0.15) is 0 Å². The van der Waals surface area contributed by atoms with E-state index in [1.807, 2.05) is 4.90 Å². The molecule has 31 heavy (non-hydrogen) atoms. The van der Waals surface area contributed by atoms with Crippen LogP contribution in [0.3, 0.4) is 0 Å². The third-order valence-electron chi connectivity index (χ3n) is 6.31. The monoisotopic (exact) mass is 453 g/mol. The van der Waals surface area contributed by atoms with Gasteiger partial charge in [-0.1, -0.05) is 12.8 Å². The third-order valence-corrected chi connectivity index (χ3v) is 8.18. The number of amides is 2. The number of piperazine rings is 1. The van der Waals surface area contributed by atoms with Crippen LogP contribution in [0, 0.1) is 11.7 Å². The average molecular weight is 454 g/mol. The molecule has 0 atom stereocenters. The summed E-state index contributed by atoms with van der Waals surface area (Å²) in [5.41, 5.74) is 0. The van der Waals surface area contributed by atoms with Gasteiger partial charge in [-0.3, -0.25) is 9.59 Å². The Hall–Kier alpha value is -2.00. The predicted molar refractivity (Wildman–Crippen MR) is 115 cm³/mol. The lowest BCUT2D eigenvalue weighted by Gasteiger charge is -2.35. The average Bonchev–Trinajstić information content (AvgIpc) is 3.27. The van der Waals surface area contributed by atoms with Crippen LogP contribution >= 0.6 is 0 Å². The van der Waals surface area contributed by atoms with E-state index in [1.165, 1.54) is 36.3 Å². The maximum atomic E-state index is 13.0. The molecule has 0 radical (unpaired) electrons. The van der Waals surface area contributed by atoms with E-state index in [2.05, 4.69) is 0 Å². The van der Waals surface area contributed by atoms with Gasteiger partial charge in [0, 0.05) is 52.6 Å². The highest BCUT2D eigenvalue weighted by atomic mass is 32.2. The quantitative estimate of drug-likeness (QED) is 0.606. The van der Waals surface area contributed by atoms with Gasteiger partial charge in [0.15, 0.2) is 0 Å². The van der Waals surface area contributed by atoms with E-state index in [0.29, 0.717) is 44.9 Å². The number of hydrogen-bond donors (Lipinski definition) is 0. The number of nitrogens with zero attached hydrogens (tertiary/aromatic N) is 3. The SMILES string of the molecule is CN(CCCC(=O)N1CCN(C(=O)CC2CCCC2)CC1)S(=O)(=O)c1ccc(F)cc1. The zero-order valence-electron chi connectivity index (χ0n) is 18.1. The molecule has 172 valence electrons. The van der Waals surface area contributed by atoms with Crippen molar-refractivity contribution in [2.75, 3.05) is 39.8 Å². The summed E-state index contributed by atoms with van der Waals surface area (Å²) in [6.45, 7) is 2.38. The van der Waals surface area contributed by atoms with Crippen LogP contribution in [-0.4, -0.2) is 74.1 Å². The second-order valence-corrected chi connectivity index (χ2v) is 10.5. The van der Waals surface area contributed by atoms with Crippen LogP contribution in [0.25, 0.3) is 0 Å². The number of carbonyl (C=O) groups excluding carboxylic acids is 2. The Kier molecular flexibility index (Phi) is 8.05. The highest BCUT2D eigenvalue weighted by Crippen LogP contribution is 2.28. The molecule has 7 nitrogen and oxygen atoms in total. The smallest absolute Gasteiger partial charge is 0.242 e. The number of carbonyl (C=O) groups is 2. The van der Waals surface area contributed by atoms with Crippen LogP contribution in [0.4, 0.5) is 4.39 Å². The lowest BCUT2D eigenvalue weighted by Crippen LogP contribution is -2.50. The van der Waals surface area contributed by atoms with Gasteiger partial charge >= 0.3 is 0 Å². The van der Waals surface area contributed by atoms with Crippen molar-refractivity contribution in [1.29, 1.82) is 0 Å². The molecule has 0 N–H and O–H groups in total. The minimum absolute atomic E-state index is 0.0181. The third kappa shape index (κ3) is 6.26. The summed E-state index contributed by atoms with van der Waals surface area (Å²) in [7, 11) is -2.25. The molecule has 1 aliphatic heterocycles. The summed E-state index contributed by atoms with van der Waals surface area (Å²) in [5, 5.41) is 0. The van der Waals surface area contributed by atoms with Crippen molar-refractivity contribution in [3.8, 4) is 0 Å². The maximum Gasteiger partial charge on any atom is 0.242 e. The molecule has 1 saturated heterocycles. The predicted octanol–water partition coefficient (Wildman–Crippen LogP) is 2.48. The molecule has 2 aliphatic rings. The van der Waals surface area contributed by atoms with Crippen molar-refractivity contribution in [2.24, 2.45) is 5.92 Å². The number of rotatable bonds is 8. The van der Waals surface area contributed by atoms with E-state index in [9.17, 15) is 22.4 Å². The van der Waals surface area contributed by atoms with E-state index in [0.717, 1.165) is 25.0 Å². The number of halogens is 1. The van der Waals surface area contributed by atoms with Gasteiger partial charge in [0.05, 0.1) is 4.90 Å². The molecule has 0 bridgehead atoms. The minimum atomic E-state index is -3.71. The lowest BCUT2D eigenvalue weighted by molar-refractivity contribution is -0.140. The molecule has 1 heterocycles. The van der Waals surface area contributed by atoms with Gasteiger partial charge in [0.25, 0.3) is 0 Å². The molecule has 0 unspecified atom stereocenters. The van der Waals surface area contributed by atoms with Crippen molar-refractivity contribution in [3.05, 3.63) is 30.1 Å². The highest BCUT2D eigenvalue weighted by Gasteiger charge is 2.27. The fourth-order valence-corrected chi connectivity index (χ4v) is 5.52. The fraction of sp³-hybridized carbons (Fsp3) is 0.636. The van der Waals surface area contributed by atoms with Crippen molar-refractivity contribution < 1.29 is 22.4 Å². The summed E-state index contributed by atoms with van der Waals surface area (Å²) in [5.74, 6) is 0.213. The molecule has 2 amide bonds. The Morgan fingerprint density at radius 2 is 1.55 bits per heavy atom. The molecule has 2 fully saturated rings. The summed E-state index contributed by atoms with van der Waals surface area (Å²) in [6, 6.07) is 4.70. The van der Waals surface area contributed by atoms with Gasteiger partial charge in [-0.15, -0.1) is 0 Å². The topological polar surface area (TPSA) is 78.0 Å². The number of hydrogen-bond acceptors (Lipinski definition) is 4. The Balaban J connectivity index is 1.39. The van der Waals surface area contributed by atoms with E-state index in [-0.39, 0.29) is 29.7 Å². The zero-order valence-corrected chi connectivity index (χ0v) is 18.9. The highest BCUT2D eigenvalue weighted by molar-refractivity contribution is 7.89. The molecular formula is C22H32FN3O4S. The van der Waals surface area contributed by atoms with Crippen molar-refractivity contribution in [3.63, 3.8) is 0 Å². The zero-order chi connectivity index (χ0) is 22.4. The van der Waals surface area contributed by atoms with Crippen LogP contribution in [-0.2, 0) is 19.6 Å². The Morgan fingerprint density at radius 1 is 1.00 bits per heavy atom. The first-order valence-electron chi connectivity index (χ1n) is 11.0. The lowest BCUT2D eigenvalue weighted by atomic mass is 10.0. The molecule has 9 heteroatoms. The van der Waals surface area contributed by atoms with E-state index >= 15 is 0 Å². The summed E-state index contributed by atoms with van der Waals surface area (Å²) >= 11 is 0. The van der Waals surface area contributed by atoms with Crippen LogP contribution in [0.15, 0.2) is 29.2 Å². The number of sulfonamides is 1. The molecule has 0 spiro atoms. The van der Waals surface area contributed by atoms with E-state index in [1.54, 1.807) is 4.90 Å². The van der Waals surface area contributed by atoms with E-state index in [4.69, 9.17) is 0 Å². The van der Waals surface area contributed by atoms with E-state index < -0.39 is 15.8 Å². The molecule has 3 rings (SSSR count). The summed E-state index contributed by atoms with van der Waals surface area (Å²) < 4.78 is 39.2. The Morgan fingerprint density at radius 3 is 2.13 bits per heavy atom. The van der Waals surface area contributed by atoms with Crippen LogP contribution < -0.4 is 0 Å². The molecule has 1 aromatic rings.